The van der Waals surface area contributed by atoms with Crippen LogP contribution >= 0.6 is 23.2 Å². The van der Waals surface area contributed by atoms with Gasteiger partial charge in [-0.1, -0.05) is 23.2 Å². The van der Waals surface area contributed by atoms with E-state index >= 15 is 0 Å². The SMILES string of the molecule is O=c1nc(NCCO)c(N=Nc2ccc(Cl)cc2)c(Cl)[nH]1. The molecule has 1 aromatic carbocycles. The zero-order valence-electron chi connectivity index (χ0n) is 10.7. The number of hydrogen-bond acceptors (Lipinski definition) is 6. The van der Waals surface area contributed by atoms with Crippen LogP contribution in [-0.4, -0.2) is 28.2 Å². The van der Waals surface area contributed by atoms with E-state index in [2.05, 4.69) is 25.5 Å². The predicted molar refractivity (Wildman–Crippen MR) is 81.1 cm³/mol. The Kier molecular flexibility index (Phi) is 5.26. The molecule has 0 aliphatic heterocycles. The van der Waals surface area contributed by atoms with Gasteiger partial charge < -0.3 is 10.4 Å². The fraction of sp³-hybridized carbons (Fsp3) is 0.167. The molecule has 0 saturated heterocycles. The van der Waals surface area contributed by atoms with E-state index in [4.69, 9.17) is 28.3 Å². The van der Waals surface area contributed by atoms with Crippen molar-refractivity contribution in [3.8, 4) is 0 Å². The maximum Gasteiger partial charge on any atom is 0.348 e. The van der Waals surface area contributed by atoms with Crippen LogP contribution in [0.1, 0.15) is 0 Å². The topological polar surface area (TPSA) is 103 Å². The summed E-state index contributed by atoms with van der Waals surface area (Å²) in [6, 6.07) is 6.71. The minimum atomic E-state index is -0.620. The van der Waals surface area contributed by atoms with Gasteiger partial charge in [0.1, 0.15) is 5.15 Å². The van der Waals surface area contributed by atoms with Crippen LogP contribution in [0, 0.1) is 0 Å². The number of aliphatic hydroxyl groups is 1. The first kappa shape index (κ1) is 15.4. The maximum atomic E-state index is 11.3. The minimum Gasteiger partial charge on any atom is -0.395 e. The van der Waals surface area contributed by atoms with Crippen molar-refractivity contribution in [2.45, 2.75) is 0 Å². The summed E-state index contributed by atoms with van der Waals surface area (Å²) in [5, 5.41) is 20.1. The highest BCUT2D eigenvalue weighted by atomic mass is 35.5. The van der Waals surface area contributed by atoms with Gasteiger partial charge in [0, 0.05) is 11.6 Å². The van der Waals surface area contributed by atoms with Crippen LogP contribution in [0.15, 0.2) is 39.3 Å². The third kappa shape index (κ3) is 4.25. The Balaban J connectivity index is 2.33. The highest BCUT2D eigenvalue weighted by molar-refractivity contribution is 6.32. The number of rotatable bonds is 5. The molecule has 110 valence electrons. The van der Waals surface area contributed by atoms with Crippen LogP contribution in [0.4, 0.5) is 17.2 Å². The molecule has 0 amide bonds. The smallest absolute Gasteiger partial charge is 0.348 e. The van der Waals surface area contributed by atoms with Crippen molar-refractivity contribution >= 4 is 40.4 Å². The van der Waals surface area contributed by atoms with Gasteiger partial charge in [-0.25, -0.2) is 4.79 Å². The Morgan fingerprint density at radius 1 is 1.24 bits per heavy atom. The molecule has 0 unspecified atom stereocenters. The van der Waals surface area contributed by atoms with Gasteiger partial charge in [-0.05, 0) is 24.3 Å². The van der Waals surface area contributed by atoms with Crippen molar-refractivity contribution in [3.05, 3.63) is 44.9 Å². The summed E-state index contributed by atoms with van der Waals surface area (Å²) in [5.41, 5.74) is 0.125. The van der Waals surface area contributed by atoms with E-state index in [1.165, 1.54) is 0 Å². The molecule has 3 N–H and O–H groups in total. The Morgan fingerprint density at radius 3 is 2.62 bits per heavy atom. The predicted octanol–water partition coefficient (Wildman–Crippen LogP) is 2.90. The first-order valence-electron chi connectivity index (χ1n) is 5.92. The van der Waals surface area contributed by atoms with Gasteiger partial charge in [0.2, 0.25) is 0 Å². The van der Waals surface area contributed by atoms with E-state index in [0.717, 1.165) is 0 Å². The lowest BCUT2D eigenvalue weighted by Crippen LogP contribution is -2.15. The summed E-state index contributed by atoms with van der Waals surface area (Å²) < 4.78 is 0. The lowest BCUT2D eigenvalue weighted by Gasteiger charge is -2.06. The number of nitrogens with zero attached hydrogens (tertiary/aromatic N) is 3. The van der Waals surface area contributed by atoms with Gasteiger partial charge in [0.05, 0.1) is 12.3 Å². The van der Waals surface area contributed by atoms with Gasteiger partial charge in [-0.15, -0.1) is 5.11 Å². The third-order valence-electron chi connectivity index (χ3n) is 2.36. The Bertz CT molecular complexity index is 700. The maximum absolute atomic E-state index is 11.3. The molecule has 1 aromatic heterocycles. The van der Waals surface area contributed by atoms with E-state index < -0.39 is 5.69 Å². The second-order valence-electron chi connectivity index (χ2n) is 3.88. The molecule has 21 heavy (non-hydrogen) atoms. The first-order valence-corrected chi connectivity index (χ1v) is 6.67. The number of H-pyrrole nitrogens is 1. The van der Waals surface area contributed by atoms with Gasteiger partial charge in [-0.3, -0.25) is 4.98 Å². The standard InChI is InChI=1S/C12H11Cl2N5O2/c13-7-1-3-8(4-2-7)18-19-9-10(14)16-12(21)17-11(9)15-5-6-20/h1-4,20H,5-6H2,(H2,15,16,17,21). The van der Waals surface area contributed by atoms with E-state index in [1.807, 2.05) is 0 Å². The number of azo groups is 1. The number of hydrogen-bond donors (Lipinski definition) is 3. The Hall–Kier alpha value is -1.96. The van der Waals surface area contributed by atoms with Crippen molar-refractivity contribution in [3.63, 3.8) is 0 Å². The molecule has 0 fully saturated rings. The molecule has 9 heteroatoms. The molecule has 0 spiro atoms. The Labute approximate surface area is 129 Å². The summed E-state index contributed by atoms with van der Waals surface area (Å²) in [7, 11) is 0. The highest BCUT2D eigenvalue weighted by Gasteiger charge is 2.10. The molecular weight excluding hydrogens is 317 g/mol. The molecule has 0 aliphatic rings. The molecule has 0 bridgehead atoms. The largest absolute Gasteiger partial charge is 0.395 e. The first-order chi connectivity index (χ1) is 10.1. The number of anilines is 1. The van der Waals surface area contributed by atoms with E-state index in [9.17, 15) is 4.79 Å². The molecule has 0 aliphatic carbocycles. The molecular formula is C12H11Cl2N5O2. The number of nitrogens with one attached hydrogen (secondary N) is 2. The van der Waals surface area contributed by atoms with Gasteiger partial charge in [0.15, 0.2) is 11.5 Å². The fourth-order valence-electron chi connectivity index (χ4n) is 1.44. The number of halogens is 2. The third-order valence-corrected chi connectivity index (χ3v) is 2.88. The monoisotopic (exact) mass is 327 g/mol. The van der Waals surface area contributed by atoms with Crippen molar-refractivity contribution in [1.29, 1.82) is 0 Å². The van der Waals surface area contributed by atoms with Crippen molar-refractivity contribution in [2.24, 2.45) is 10.2 Å². The molecule has 0 radical (unpaired) electrons. The van der Waals surface area contributed by atoms with Gasteiger partial charge in [-0.2, -0.15) is 10.1 Å². The lowest BCUT2D eigenvalue weighted by molar-refractivity contribution is 0.311. The van der Waals surface area contributed by atoms with Crippen LogP contribution < -0.4 is 11.0 Å². The second-order valence-corrected chi connectivity index (χ2v) is 4.69. The molecule has 2 rings (SSSR count). The number of benzene rings is 1. The van der Waals surface area contributed by atoms with Crippen molar-refractivity contribution < 1.29 is 5.11 Å². The number of aromatic amines is 1. The minimum absolute atomic E-state index is 0.00755. The van der Waals surface area contributed by atoms with Crippen LogP contribution in [0.5, 0.6) is 0 Å². The highest BCUT2D eigenvalue weighted by Crippen LogP contribution is 2.30. The zero-order valence-corrected chi connectivity index (χ0v) is 12.2. The van der Waals surface area contributed by atoms with Crippen LogP contribution in [0.25, 0.3) is 0 Å². The Morgan fingerprint density at radius 2 is 1.95 bits per heavy atom. The lowest BCUT2D eigenvalue weighted by atomic mass is 10.3. The van der Waals surface area contributed by atoms with Gasteiger partial charge >= 0.3 is 5.69 Å². The van der Waals surface area contributed by atoms with E-state index in [1.54, 1.807) is 24.3 Å². The number of aliphatic hydroxyl groups excluding tert-OH is 1. The summed E-state index contributed by atoms with van der Waals surface area (Å²) >= 11 is 11.7. The molecule has 2 aromatic rings. The molecule has 7 nitrogen and oxygen atoms in total. The molecule has 1 heterocycles. The van der Waals surface area contributed by atoms with Crippen LogP contribution in [0.2, 0.25) is 10.2 Å². The second kappa shape index (κ2) is 7.16. The molecule has 0 saturated carbocycles. The summed E-state index contributed by atoms with van der Waals surface area (Å²) in [5.74, 6) is 0.149. The fourth-order valence-corrected chi connectivity index (χ4v) is 1.78. The summed E-state index contributed by atoms with van der Waals surface area (Å²) in [6.07, 6.45) is 0. The average Bonchev–Trinajstić information content (AvgIpc) is 2.45. The quantitative estimate of drug-likeness (QED) is 0.580. The zero-order chi connectivity index (χ0) is 15.2. The summed E-state index contributed by atoms with van der Waals surface area (Å²) in [4.78, 5) is 17.3. The average molecular weight is 328 g/mol. The van der Waals surface area contributed by atoms with Crippen molar-refractivity contribution in [1.82, 2.24) is 9.97 Å². The molecule has 0 atom stereocenters. The van der Waals surface area contributed by atoms with Crippen LogP contribution in [-0.2, 0) is 0 Å². The van der Waals surface area contributed by atoms with E-state index in [-0.39, 0.29) is 29.8 Å². The van der Waals surface area contributed by atoms with Crippen LogP contribution in [0.3, 0.4) is 0 Å². The van der Waals surface area contributed by atoms with E-state index in [0.29, 0.717) is 10.7 Å². The van der Waals surface area contributed by atoms with Gasteiger partial charge in [0.25, 0.3) is 0 Å². The normalized spacial score (nSPS) is 11.0. The summed E-state index contributed by atoms with van der Waals surface area (Å²) in [6.45, 7) is 0.0795. The van der Waals surface area contributed by atoms with Crippen molar-refractivity contribution in [2.75, 3.05) is 18.5 Å². The number of aromatic nitrogens is 2.